The molecule has 6 rings (SSSR count). The summed E-state index contributed by atoms with van der Waals surface area (Å²) in [7, 11) is 6.05. The van der Waals surface area contributed by atoms with Crippen LogP contribution < -0.4 is 32.9 Å². The lowest BCUT2D eigenvalue weighted by Crippen LogP contribution is -3.00. The Morgan fingerprint density at radius 2 is 0.978 bits per heavy atom. The lowest BCUT2D eigenvalue weighted by molar-refractivity contribution is -0.888. The lowest BCUT2D eigenvalue weighted by atomic mass is 9.82. The molecular formula is C36H35BrN4O4. The zero-order chi connectivity index (χ0) is 31.0. The van der Waals surface area contributed by atoms with E-state index in [4.69, 9.17) is 0 Å². The van der Waals surface area contributed by atoms with Crippen LogP contribution >= 0.6 is 0 Å². The van der Waals surface area contributed by atoms with Crippen molar-refractivity contribution in [2.75, 3.05) is 63.3 Å². The number of nitrogens with zero attached hydrogens (tertiary/aromatic N) is 1. The zero-order valence-corrected chi connectivity index (χ0v) is 27.1. The fourth-order valence-electron chi connectivity index (χ4n) is 6.21. The largest absolute Gasteiger partial charge is 1.00 e. The summed E-state index contributed by atoms with van der Waals surface area (Å²) < 4.78 is 0.723. The second-order valence-electron chi connectivity index (χ2n) is 11.9. The van der Waals surface area contributed by atoms with Gasteiger partial charge in [-0.3, -0.25) is 19.2 Å². The number of fused-ring (bicyclic) bond motifs is 4. The number of anilines is 3. The molecule has 0 radical (unpaired) electrons. The normalized spacial score (nSPS) is 13.2. The first-order valence-corrected chi connectivity index (χ1v) is 14.9. The van der Waals surface area contributed by atoms with Crippen LogP contribution in [0.4, 0.5) is 17.1 Å². The van der Waals surface area contributed by atoms with Gasteiger partial charge in [0.25, 0.3) is 0 Å². The summed E-state index contributed by atoms with van der Waals surface area (Å²) in [5.74, 6) is -0.557. The van der Waals surface area contributed by atoms with Crippen LogP contribution in [0.15, 0.2) is 78.9 Å². The molecule has 230 valence electrons. The van der Waals surface area contributed by atoms with Crippen LogP contribution in [-0.4, -0.2) is 74.9 Å². The van der Waals surface area contributed by atoms with Crippen molar-refractivity contribution >= 4 is 40.2 Å². The monoisotopic (exact) mass is 666 g/mol. The number of ketones is 4. The molecule has 0 atom stereocenters. The fourth-order valence-corrected chi connectivity index (χ4v) is 6.21. The van der Waals surface area contributed by atoms with E-state index in [-0.39, 0.29) is 40.1 Å². The molecule has 9 heteroatoms. The summed E-state index contributed by atoms with van der Waals surface area (Å²) in [6.07, 6.45) is 0.832. The maximum Gasteiger partial charge on any atom is 0.196 e. The predicted molar refractivity (Wildman–Crippen MR) is 172 cm³/mol. The minimum absolute atomic E-state index is 0. The topological polar surface area (TPSA) is 104 Å². The third-order valence-corrected chi connectivity index (χ3v) is 8.59. The number of halogens is 1. The Kier molecular flexibility index (Phi) is 9.04. The van der Waals surface area contributed by atoms with E-state index in [0.717, 1.165) is 24.0 Å². The number of quaternary nitrogens is 1. The van der Waals surface area contributed by atoms with E-state index in [1.807, 2.05) is 24.3 Å². The third-order valence-electron chi connectivity index (χ3n) is 8.59. The molecule has 2 aliphatic rings. The van der Waals surface area contributed by atoms with Crippen molar-refractivity contribution < 1.29 is 40.6 Å². The molecule has 45 heavy (non-hydrogen) atoms. The molecule has 0 heterocycles. The molecule has 0 fully saturated rings. The van der Waals surface area contributed by atoms with Gasteiger partial charge in [-0.1, -0.05) is 60.7 Å². The number of likely N-dealkylation sites (N-methyl/N-ethyl adjacent to an activating group) is 1. The van der Waals surface area contributed by atoms with E-state index in [1.165, 1.54) is 0 Å². The van der Waals surface area contributed by atoms with Gasteiger partial charge in [-0.25, -0.2) is 0 Å². The smallest absolute Gasteiger partial charge is 0.196 e. The first-order valence-electron chi connectivity index (χ1n) is 14.9. The minimum atomic E-state index is -0.150. The van der Waals surface area contributed by atoms with E-state index >= 15 is 0 Å². The molecule has 3 N–H and O–H groups in total. The lowest BCUT2D eigenvalue weighted by Gasteiger charge is -2.30. The minimum Gasteiger partial charge on any atom is -1.00 e. The van der Waals surface area contributed by atoms with Gasteiger partial charge in [-0.2, -0.15) is 0 Å². The Balaban J connectivity index is 0.00000400. The maximum atomic E-state index is 13.5. The molecule has 0 bridgehead atoms. The first kappa shape index (κ1) is 31.8. The van der Waals surface area contributed by atoms with Crippen LogP contribution in [0.25, 0.3) is 0 Å². The molecule has 2 aliphatic carbocycles. The number of nitrogens with one attached hydrogen (secondary N) is 3. The Labute approximate surface area is 273 Å². The summed E-state index contributed by atoms with van der Waals surface area (Å²) in [6, 6.07) is 23.0. The van der Waals surface area contributed by atoms with Crippen LogP contribution in [0.5, 0.6) is 0 Å². The molecular weight excluding hydrogens is 632 g/mol. The van der Waals surface area contributed by atoms with Gasteiger partial charge in [0.1, 0.15) is 0 Å². The average Bonchev–Trinajstić information content (AvgIpc) is 3.04. The number of hydrogen-bond acceptors (Lipinski definition) is 7. The van der Waals surface area contributed by atoms with E-state index in [1.54, 1.807) is 61.6 Å². The number of carbonyl (C=O) groups is 4. The molecule has 0 unspecified atom stereocenters. The first-order chi connectivity index (χ1) is 21.2. The van der Waals surface area contributed by atoms with Crippen molar-refractivity contribution in [1.82, 2.24) is 0 Å². The van der Waals surface area contributed by atoms with Crippen molar-refractivity contribution in [2.24, 2.45) is 0 Å². The number of benzene rings is 4. The van der Waals surface area contributed by atoms with Crippen molar-refractivity contribution in [2.45, 2.75) is 6.42 Å². The number of rotatable bonds is 10. The van der Waals surface area contributed by atoms with Gasteiger partial charge < -0.3 is 37.4 Å². The predicted octanol–water partition coefficient (Wildman–Crippen LogP) is 2.27. The highest BCUT2D eigenvalue weighted by Gasteiger charge is 2.34. The van der Waals surface area contributed by atoms with Gasteiger partial charge in [0, 0.05) is 64.9 Å². The standard InChI is InChI=1S/C36H34N4O4.BrH/c1-37-27-16-17-29(32-31(27)35(43)24-12-6-7-13-25(24)36(32)44)38-18-9-20-40(2,3)21-19-39-28-15-8-14-26-30(28)34(42)23-11-5-4-10-22(23)33(26)41;/h4-8,10-17H,9,18-21H2,1-3H3,(H2-,37,38,39,41,42,43,44);1H. The van der Waals surface area contributed by atoms with Gasteiger partial charge >= 0.3 is 0 Å². The van der Waals surface area contributed by atoms with Gasteiger partial charge in [0.15, 0.2) is 23.1 Å². The number of carbonyl (C=O) groups excluding carboxylic acids is 4. The highest BCUT2D eigenvalue weighted by atomic mass is 79.9. The van der Waals surface area contributed by atoms with E-state index < -0.39 is 0 Å². The van der Waals surface area contributed by atoms with E-state index in [9.17, 15) is 19.2 Å². The van der Waals surface area contributed by atoms with Crippen LogP contribution in [0.2, 0.25) is 0 Å². The summed E-state index contributed by atoms with van der Waals surface area (Å²) in [5, 5.41) is 9.89. The molecule has 0 amide bonds. The van der Waals surface area contributed by atoms with E-state index in [2.05, 4.69) is 30.0 Å². The molecule has 0 saturated carbocycles. The Hall–Kier alpha value is -4.60. The molecule has 0 aliphatic heterocycles. The van der Waals surface area contributed by atoms with Crippen molar-refractivity contribution in [3.05, 3.63) is 123 Å². The second kappa shape index (κ2) is 12.8. The molecule has 4 aromatic carbocycles. The SMILES string of the molecule is CNc1ccc(NCCC[N+](C)(C)CCNc2cccc3c2C(=O)c2ccccc2C3=O)c2c1C(=O)c1ccccc1C2=O.[Br-]. The highest BCUT2D eigenvalue weighted by Crippen LogP contribution is 2.36. The summed E-state index contributed by atoms with van der Waals surface area (Å²) in [4.78, 5) is 53.2. The van der Waals surface area contributed by atoms with Gasteiger partial charge in [-0.05, 0) is 18.2 Å². The molecule has 4 aromatic rings. The Bertz CT molecular complexity index is 1850. The van der Waals surface area contributed by atoms with Gasteiger partial charge in [0.2, 0.25) is 0 Å². The highest BCUT2D eigenvalue weighted by molar-refractivity contribution is 6.32. The zero-order valence-electron chi connectivity index (χ0n) is 25.5. The summed E-state index contributed by atoms with van der Waals surface area (Å²) in [5.41, 5.74) is 5.44. The van der Waals surface area contributed by atoms with Gasteiger partial charge in [0.05, 0.1) is 50.4 Å². The maximum absolute atomic E-state index is 13.5. The Morgan fingerprint density at radius 1 is 0.511 bits per heavy atom. The van der Waals surface area contributed by atoms with Crippen LogP contribution in [0, 0.1) is 0 Å². The van der Waals surface area contributed by atoms with Crippen LogP contribution in [0.3, 0.4) is 0 Å². The molecule has 8 nitrogen and oxygen atoms in total. The average molecular weight is 668 g/mol. The molecule has 0 spiro atoms. The van der Waals surface area contributed by atoms with Crippen LogP contribution in [-0.2, 0) is 0 Å². The molecule has 0 aromatic heterocycles. The second-order valence-corrected chi connectivity index (χ2v) is 11.9. The molecule has 0 saturated heterocycles. The van der Waals surface area contributed by atoms with Crippen molar-refractivity contribution in [3.63, 3.8) is 0 Å². The third kappa shape index (κ3) is 5.81. The van der Waals surface area contributed by atoms with Crippen molar-refractivity contribution in [1.29, 1.82) is 0 Å². The quantitative estimate of drug-likeness (QED) is 0.152. The van der Waals surface area contributed by atoms with Gasteiger partial charge in [-0.15, -0.1) is 0 Å². The van der Waals surface area contributed by atoms with Crippen molar-refractivity contribution in [3.8, 4) is 0 Å². The fraction of sp³-hybridized carbons (Fsp3) is 0.222. The summed E-state index contributed by atoms with van der Waals surface area (Å²) in [6.45, 7) is 2.90. The van der Waals surface area contributed by atoms with Crippen LogP contribution in [0.1, 0.15) is 70.1 Å². The summed E-state index contributed by atoms with van der Waals surface area (Å²) >= 11 is 0. The number of hydrogen-bond donors (Lipinski definition) is 3. The van der Waals surface area contributed by atoms with E-state index in [0.29, 0.717) is 74.7 Å². The Morgan fingerprint density at radius 3 is 1.58 bits per heavy atom.